The minimum Gasteiger partial charge on any atom is -0.378 e. The highest BCUT2D eigenvalue weighted by atomic mass is 16.5. The summed E-state index contributed by atoms with van der Waals surface area (Å²) >= 11 is 0. The van der Waals surface area contributed by atoms with Crippen molar-refractivity contribution < 1.29 is 4.74 Å². The van der Waals surface area contributed by atoms with Crippen LogP contribution in [0, 0.1) is 5.41 Å². The van der Waals surface area contributed by atoms with E-state index in [1.54, 1.807) is 0 Å². The smallest absolute Gasteiger partial charge is 0.0655 e. The van der Waals surface area contributed by atoms with Gasteiger partial charge in [0.25, 0.3) is 0 Å². The van der Waals surface area contributed by atoms with Gasteiger partial charge >= 0.3 is 0 Å². The molecule has 0 bridgehead atoms. The monoisotopic (exact) mass is 288 g/mol. The summed E-state index contributed by atoms with van der Waals surface area (Å²) in [5, 5.41) is 3.72. The number of fused-ring (bicyclic) bond motifs is 1. The van der Waals surface area contributed by atoms with Crippen molar-refractivity contribution in [2.24, 2.45) is 5.41 Å². The topological polar surface area (TPSA) is 24.5 Å². The number of nitrogens with one attached hydrogen (secondary N) is 1. The third-order valence-corrected chi connectivity index (χ3v) is 5.37. The molecule has 21 heavy (non-hydrogen) atoms. The van der Waals surface area contributed by atoms with E-state index in [1.165, 1.54) is 23.2 Å². The van der Waals surface area contributed by atoms with Gasteiger partial charge in [-0.05, 0) is 37.0 Å². The van der Waals surface area contributed by atoms with E-state index in [0.717, 1.165) is 26.1 Å². The minimum absolute atomic E-state index is 0.243. The lowest BCUT2D eigenvalue weighted by Crippen LogP contribution is -2.60. The maximum atomic E-state index is 5.80. The van der Waals surface area contributed by atoms with Crippen LogP contribution >= 0.6 is 0 Å². The van der Waals surface area contributed by atoms with Crippen molar-refractivity contribution in [2.75, 3.05) is 25.1 Å². The summed E-state index contributed by atoms with van der Waals surface area (Å²) in [6, 6.07) is 7.47. The van der Waals surface area contributed by atoms with Crippen LogP contribution in [0.1, 0.15) is 38.3 Å². The second kappa shape index (κ2) is 5.62. The van der Waals surface area contributed by atoms with Crippen molar-refractivity contribution in [2.45, 2.75) is 52.3 Å². The molecule has 2 aliphatic rings. The van der Waals surface area contributed by atoms with Crippen LogP contribution in [0.2, 0.25) is 0 Å². The third-order valence-electron chi connectivity index (χ3n) is 5.37. The van der Waals surface area contributed by atoms with Crippen molar-refractivity contribution in [3.8, 4) is 0 Å². The Morgan fingerprint density at radius 1 is 1.38 bits per heavy atom. The highest BCUT2D eigenvalue weighted by molar-refractivity contribution is 5.58. The van der Waals surface area contributed by atoms with Crippen LogP contribution in [0.5, 0.6) is 0 Å². The van der Waals surface area contributed by atoms with E-state index < -0.39 is 0 Å². The Morgan fingerprint density at radius 2 is 2.19 bits per heavy atom. The van der Waals surface area contributed by atoms with Gasteiger partial charge in [0.1, 0.15) is 0 Å². The number of likely N-dealkylation sites (N-methyl/N-ethyl adjacent to an activating group) is 1. The molecule has 1 fully saturated rings. The molecule has 0 aromatic heterocycles. The van der Waals surface area contributed by atoms with Crippen LogP contribution in [0.3, 0.4) is 0 Å². The van der Waals surface area contributed by atoms with E-state index in [-0.39, 0.29) is 5.41 Å². The fourth-order valence-electron chi connectivity index (χ4n) is 3.69. The summed E-state index contributed by atoms with van der Waals surface area (Å²) in [7, 11) is 2.18. The van der Waals surface area contributed by atoms with Gasteiger partial charge in [-0.25, -0.2) is 0 Å². The van der Waals surface area contributed by atoms with Gasteiger partial charge in [0, 0.05) is 43.9 Å². The fraction of sp³-hybridized carbons (Fsp3) is 0.667. The van der Waals surface area contributed by atoms with E-state index in [2.05, 4.69) is 56.2 Å². The highest BCUT2D eigenvalue weighted by Crippen LogP contribution is 2.42. The Labute approximate surface area is 128 Å². The number of benzene rings is 1. The van der Waals surface area contributed by atoms with Gasteiger partial charge in [0.15, 0.2) is 0 Å². The Balaban J connectivity index is 1.57. The lowest BCUT2D eigenvalue weighted by molar-refractivity contribution is -0.114. The predicted octanol–water partition coefficient (Wildman–Crippen LogP) is 2.97. The zero-order valence-electron chi connectivity index (χ0n) is 13.8. The summed E-state index contributed by atoms with van der Waals surface area (Å²) in [6.45, 7) is 9.64. The average molecular weight is 288 g/mol. The average Bonchev–Trinajstić information content (AvgIpc) is 2.83. The third kappa shape index (κ3) is 2.69. The molecule has 1 aliphatic carbocycles. The molecule has 1 aromatic rings. The summed E-state index contributed by atoms with van der Waals surface area (Å²) < 4.78 is 5.80. The molecular weight excluding hydrogens is 260 g/mol. The summed E-state index contributed by atoms with van der Waals surface area (Å²) in [5.41, 5.74) is 4.54. The second-order valence-corrected chi connectivity index (χ2v) is 7.07. The Kier molecular flexibility index (Phi) is 3.98. The second-order valence-electron chi connectivity index (χ2n) is 7.07. The van der Waals surface area contributed by atoms with Crippen molar-refractivity contribution in [3.05, 3.63) is 29.3 Å². The first-order valence-corrected chi connectivity index (χ1v) is 8.20. The van der Waals surface area contributed by atoms with Crippen LogP contribution in [-0.2, 0) is 17.7 Å². The Bertz CT molecular complexity index is 512. The molecule has 1 N–H and O–H groups in total. The molecule has 0 amide bonds. The summed E-state index contributed by atoms with van der Waals surface area (Å²) in [6.07, 6.45) is 2.73. The van der Waals surface area contributed by atoms with Crippen LogP contribution in [0.15, 0.2) is 18.2 Å². The van der Waals surface area contributed by atoms with Gasteiger partial charge < -0.3 is 15.0 Å². The molecule has 1 saturated carbocycles. The first-order chi connectivity index (χ1) is 10.0. The highest BCUT2D eigenvalue weighted by Gasteiger charge is 2.48. The maximum Gasteiger partial charge on any atom is 0.0655 e. The van der Waals surface area contributed by atoms with Gasteiger partial charge in [0.05, 0.1) is 6.10 Å². The number of rotatable bonds is 5. The number of anilines is 1. The van der Waals surface area contributed by atoms with E-state index in [1.807, 2.05) is 0 Å². The molecule has 3 heteroatoms. The first kappa shape index (κ1) is 14.9. The minimum atomic E-state index is 0.243. The van der Waals surface area contributed by atoms with Gasteiger partial charge in [-0.1, -0.05) is 26.0 Å². The van der Waals surface area contributed by atoms with E-state index in [4.69, 9.17) is 4.74 Å². The molecule has 3 nitrogen and oxygen atoms in total. The van der Waals surface area contributed by atoms with E-state index in [0.29, 0.717) is 12.1 Å². The van der Waals surface area contributed by atoms with Gasteiger partial charge in [0.2, 0.25) is 0 Å². The van der Waals surface area contributed by atoms with Crippen LogP contribution in [0.4, 0.5) is 5.69 Å². The molecule has 3 rings (SSSR count). The van der Waals surface area contributed by atoms with E-state index in [9.17, 15) is 0 Å². The van der Waals surface area contributed by atoms with E-state index >= 15 is 0 Å². The summed E-state index contributed by atoms with van der Waals surface area (Å²) in [4.78, 5) is 2.34. The van der Waals surface area contributed by atoms with Crippen molar-refractivity contribution in [3.63, 3.8) is 0 Å². The Morgan fingerprint density at radius 3 is 2.90 bits per heavy atom. The molecule has 116 valence electrons. The lowest BCUT2D eigenvalue weighted by Gasteiger charge is -2.52. The van der Waals surface area contributed by atoms with Crippen molar-refractivity contribution in [1.82, 2.24) is 5.32 Å². The zero-order valence-corrected chi connectivity index (χ0v) is 13.8. The lowest BCUT2D eigenvalue weighted by atomic mass is 9.64. The molecule has 2 unspecified atom stereocenters. The van der Waals surface area contributed by atoms with Crippen molar-refractivity contribution >= 4 is 5.69 Å². The number of hydrogen-bond acceptors (Lipinski definition) is 3. The molecule has 1 heterocycles. The molecule has 1 aliphatic heterocycles. The fourth-order valence-corrected chi connectivity index (χ4v) is 3.69. The SMILES string of the molecule is CCOC1CC(NCc2ccc3c(c2)CCN3C)C1(C)C. The first-order valence-electron chi connectivity index (χ1n) is 8.20. The van der Waals surface area contributed by atoms with Crippen LogP contribution in [0.25, 0.3) is 0 Å². The van der Waals surface area contributed by atoms with Crippen molar-refractivity contribution in [1.29, 1.82) is 0 Å². The van der Waals surface area contributed by atoms with Crippen LogP contribution in [-0.4, -0.2) is 32.3 Å². The predicted molar refractivity (Wildman–Crippen MR) is 87.9 cm³/mol. The largest absolute Gasteiger partial charge is 0.378 e. The molecule has 0 radical (unpaired) electrons. The molecule has 2 atom stereocenters. The van der Waals surface area contributed by atoms with Crippen LogP contribution < -0.4 is 10.2 Å². The Hall–Kier alpha value is -1.06. The number of hydrogen-bond donors (Lipinski definition) is 1. The van der Waals surface area contributed by atoms with Gasteiger partial charge in [-0.3, -0.25) is 0 Å². The summed E-state index contributed by atoms with van der Waals surface area (Å²) in [5.74, 6) is 0. The normalized spacial score (nSPS) is 26.6. The standard InChI is InChI=1S/C18H28N2O/c1-5-21-17-11-16(18(17,2)3)19-12-13-6-7-15-14(10-13)8-9-20(15)4/h6-7,10,16-17,19H,5,8-9,11-12H2,1-4H3. The molecule has 0 saturated heterocycles. The molecule has 1 aromatic carbocycles. The quantitative estimate of drug-likeness (QED) is 0.901. The number of nitrogens with zero attached hydrogens (tertiary/aromatic N) is 1. The zero-order chi connectivity index (χ0) is 15.0. The molecule has 0 spiro atoms. The maximum absolute atomic E-state index is 5.80. The van der Waals surface area contributed by atoms with Gasteiger partial charge in [-0.15, -0.1) is 0 Å². The van der Waals surface area contributed by atoms with Gasteiger partial charge in [-0.2, -0.15) is 0 Å². The number of ether oxygens (including phenoxy) is 1. The molecular formula is C18H28N2O.